The second kappa shape index (κ2) is 7.68. The number of hydrogen-bond acceptors (Lipinski definition) is 5. The highest BCUT2D eigenvalue weighted by Crippen LogP contribution is 2.32. The first-order valence-electron chi connectivity index (χ1n) is 8.93. The number of hydrogen-bond donors (Lipinski definition) is 2. The quantitative estimate of drug-likeness (QED) is 0.828. The molecular formula is C18H28N2O4. The molecule has 1 atom stereocenters. The van der Waals surface area contributed by atoms with Gasteiger partial charge in [-0.15, -0.1) is 0 Å². The molecule has 1 aliphatic carbocycles. The van der Waals surface area contributed by atoms with Crippen LogP contribution in [-0.4, -0.2) is 54.4 Å². The number of nitrogens with one attached hydrogen (secondary N) is 1. The third-order valence-corrected chi connectivity index (χ3v) is 5.09. The molecule has 1 unspecified atom stereocenters. The van der Waals surface area contributed by atoms with Gasteiger partial charge in [0.2, 0.25) is 5.91 Å². The Balaban J connectivity index is 1.60. The minimum absolute atomic E-state index is 0.00442. The standard InChI is InChI=1S/C18H28N2O4/c1-14-4-5-16(24-14)15(20-8-10-23-11-9-20)13-19-17(21)12-18(22)6-2-3-7-18/h4-5,15,22H,2-3,6-13H2,1H3,(H,19,21). The number of carbonyl (C=O) groups is 1. The number of nitrogens with zero attached hydrogens (tertiary/aromatic N) is 1. The highest BCUT2D eigenvalue weighted by molar-refractivity contribution is 5.77. The first-order valence-corrected chi connectivity index (χ1v) is 8.93. The van der Waals surface area contributed by atoms with E-state index in [1.54, 1.807) is 0 Å². The van der Waals surface area contributed by atoms with Crippen molar-refractivity contribution < 1.29 is 19.1 Å². The molecule has 24 heavy (non-hydrogen) atoms. The van der Waals surface area contributed by atoms with E-state index in [2.05, 4.69) is 10.2 Å². The SMILES string of the molecule is Cc1ccc(C(CNC(=O)CC2(O)CCCC2)N2CCOCC2)o1. The Morgan fingerprint density at radius 3 is 2.67 bits per heavy atom. The molecule has 1 saturated carbocycles. The molecule has 6 heteroatoms. The summed E-state index contributed by atoms with van der Waals surface area (Å²) >= 11 is 0. The molecule has 2 N–H and O–H groups in total. The fourth-order valence-electron chi connectivity index (χ4n) is 3.71. The zero-order valence-corrected chi connectivity index (χ0v) is 14.4. The number of ether oxygens (including phenoxy) is 1. The summed E-state index contributed by atoms with van der Waals surface area (Å²) in [6.07, 6.45) is 3.66. The van der Waals surface area contributed by atoms with Crippen LogP contribution in [0, 0.1) is 6.92 Å². The van der Waals surface area contributed by atoms with Crippen LogP contribution in [0.3, 0.4) is 0 Å². The van der Waals surface area contributed by atoms with Crippen molar-refractivity contribution in [2.45, 2.75) is 50.7 Å². The van der Waals surface area contributed by atoms with Crippen LogP contribution in [0.1, 0.15) is 49.7 Å². The monoisotopic (exact) mass is 336 g/mol. The van der Waals surface area contributed by atoms with E-state index in [4.69, 9.17) is 9.15 Å². The van der Waals surface area contributed by atoms with Crippen LogP contribution in [-0.2, 0) is 9.53 Å². The number of morpholine rings is 1. The van der Waals surface area contributed by atoms with E-state index < -0.39 is 5.60 Å². The molecule has 6 nitrogen and oxygen atoms in total. The van der Waals surface area contributed by atoms with Gasteiger partial charge in [-0.1, -0.05) is 12.8 Å². The molecule has 0 spiro atoms. The summed E-state index contributed by atoms with van der Waals surface area (Å²) in [4.78, 5) is 14.6. The van der Waals surface area contributed by atoms with Crippen molar-refractivity contribution in [1.82, 2.24) is 10.2 Å². The Hall–Kier alpha value is -1.37. The van der Waals surface area contributed by atoms with E-state index in [9.17, 15) is 9.90 Å². The maximum atomic E-state index is 12.3. The van der Waals surface area contributed by atoms with E-state index in [0.29, 0.717) is 19.8 Å². The van der Waals surface area contributed by atoms with Gasteiger partial charge in [-0.3, -0.25) is 9.69 Å². The van der Waals surface area contributed by atoms with E-state index in [1.165, 1.54) is 0 Å². The molecule has 1 amide bonds. The Labute approximate surface area is 143 Å². The molecule has 2 fully saturated rings. The largest absolute Gasteiger partial charge is 0.465 e. The molecule has 1 saturated heterocycles. The van der Waals surface area contributed by atoms with Crippen LogP contribution >= 0.6 is 0 Å². The second-order valence-electron chi connectivity index (χ2n) is 7.02. The zero-order chi connectivity index (χ0) is 17.0. The summed E-state index contributed by atoms with van der Waals surface area (Å²) in [6.45, 7) is 5.46. The van der Waals surface area contributed by atoms with Gasteiger partial charge in [-0.25, -0.2) is 0 Å². The first kappa shape index (κ1) is 17.5. The molecule has 0 aromatic carbocycles. The van der Waals surface area contributed by atoms with Crippen LogP contribution in [0.15, 0.2) is 16.5 Å². The molecule has 0 radical (unpaired) electrons. The summed E-state index contributed by atoms with van der Waals surface area (Å²) < 4.78 is 11.2. The molecule has 1 aromatic rings. The van der Waals surface area contributed by atoms with Crippen molar-refractivity contribution in [3.8, 4) is 0 Å². The lowest BCUT2D eigenvalue weighted by atomic mass is 9.97. The van der Waals surface area contributed by atoms with Crippen molar-refractivity contribution in [1.29, 1.82) is 0 Å². The number of furan rings is 1. The summed E-state index contributed by atoms with van der Waals surface area (Å²) in [5.74, 6) is 1.66. The van der Waals surface area contributed by atoms with Gasteiger partial charge in [0, 0.05) is 19.6 Å². The van der Waals surface area contributed by atoms with Gasteiger partial charge in [0.05, 0.1) is 31.3 Å². The Morgan fingerprint density at radius 1 is 1.33 bits per heavy atom. The number of aryl methyl sites for hydroxylation is 1. The highest BCUT2D eigenvalue weighted by Gasteiger charge is 2.34. The smallest absolute Gasteiger partial charge is 0.222 e. The Morgan fingerprint density at radius 2 is 2.04 bits per heavy atom. The minimum atomic E-state index is -0.806. The van der Waals surface area contributed by atoms with E-state index >= 15 is 0 Å². The van der Waals surface area contributed by atoms with Gasteiger partial charge < -0.3 is 19.6 Å². The van der Waals surface area contributed by atoms with Gasteiger partial charge in [0.1, 0.15) is 11.5 Å². The Kier molecular flexibility index (Phi) is 5.58. The number of amides is 1. The predicted molar refractivity (Wildman–Crippen MR) is 89.6 cm³/mol. The molecule has 3 rings (SSSR count). The average Bonchev–Trinajstić information content (AvgIpc) is 3.17. The number of rotatable bonds is 6. The van der Waals surface area contributed by atoms with Crippen molar-refractivity contribution >= 4 is 5.91 Å². The van der Waals surface area contributed by atoms with Crippen LogP contribution in [0.25, 0.3) is 0 Å². The second-order valence-corrected chi connectivity index (χ2v) is 7.02. The van der Waals surface area contributed by atoms with Crippen molar-refractivity contribution in [3.63, 3.8) is 0 Å². The number of carbonyl (C=O) groups excluding carboxylic acids is 1. The molecule has 2 aliphatic rings. The van der Waals surface area contributed by atoms with E-state index in [-0.39, 0.29) is 18.4 Å². The average molecular weight is 336 g/mol. The molecule has 1 aliphatic heterocycles. The third kappa shape index (κ3) is 4.37. The normalized spacial score (nSPS) is 22.4. The van der Waals surface area contributed by atoms with Crippen LogP contribution < -0.4 is 5.32 Å². The summed E-state index contributed by atoms with van der Waals surface area (Å²) in [5, 5.41) is 13.4. The van der Waals surface area contributed by atoms with Gasteiger partial charge >= 0.3 is 0 Å². The van der Waals surface area contributed by atoms with E-state index in [1.807, 2.05) is 19.1 Å². The van der Waals surface area contributed by atoms with Crippen molar-refractivity contribution in [3.05, 3.63) is 23.7 Å². The summed E-state index contributed by atoms with van der Waals surface area (Å²) in [7, 11) is 0. The van der Waals surface area contributed by atoms with Crippen molar-refractivity contribution in [2.75, 3.05) is 32.8 Å². The van der Waals surface area contributed by atoms with Gasteiger partial charge in [0.15, 0.2) is 0 Å². The lowest BCUT2D eigenvalue weighted by Gasteiger charge is -2.33. The maximum absolute atomic E-state index is 12.3. The first-order chi connectivity index (χ1) is 11.6. The summed E-state index contributed by atoms with van der Waals surface area (Å²) in [5.41, 5.74) is -0.806. The molecule has 1 aromatic heterocycles. The molecule has 134 valence electrons. The summed E-state index contributed by atoms with van der Waals surface area (Å²) in [6, 6.07) is 3.93. The fourth-order valence-corrected chi connectivity index (χ4v) is 3.71. The van der Waals surface area contributed by atoms with Crippen LogP contribution in [0.4, 0.5) is 0 Å². The van der Waals surface area contributed by atoms with Crippen LogP contribution in [0.2, 0.25) is 0 Å². The highest BCUT2D eigenvalue weighted by atomic mass is 16.5. The Bertz CT molecular complexity index is 545. The minimum Gasteiger partial charge on any atom is -0.465 e. The third-order valence-electron chi connectivity index (χ3n) is 5.09. The lowest BCUT2D eigenvalue weighted by molar-refractivity contribution is -0.126. The maximum Gasteiger partial charge on any atom is 0.222 e. The van der Waals surface area contributed by atoms with Gasteiger partial charge in [0.25, 0.3) is 0 Å². The topological polar surface area (TPSA) is 74.9 Å². The molecular weight excluding hydrogens is 308 g/mol. The fraction of sp³-hybridized carbons (Fsp3) is 0.722. The predicted octanol–water partition coefficient (Wildman–Crippen LogP) is 1.77. The zero-order valence-electron chi connectivity index (χ0n) is 14.4. The lowest BCUT2D eigenvalue weighted by Crippen LogP contribution is -2.44. The van der Waals surface area contributed by atoms with Crippen molar-refractivity contribution in [2.24, 2.45) is 0 Å². The van der Waals surface area contributed by atoms with Gasteiger partial charge in [-0.05, 0) is 31.9 Å². The van der Waals surface area contributed by atoms with E-state index in [0.717, 1.165) is 50.3 Å². The van der Waals surface area contributed by atoms with Gasteiger partial charge in [-0.2, -0.15) is 0 Å². The molecule has 0 bridgehead atoms. The number of aliphatic hydroxyl groups is 1. The van der Waals surface area contributed by atoms with Crippen LogP contribution in [0.5, 0.6) is 0 Å². The molecule has 2 heterocycles.